The fourth-order valence-electron chi connectivity index (χ4n) is 4.30. The van der Waals surface area contributed by atoms with Gasteiger partial charge in [-0.3, -0.25) is 4.79 Å². The first kappa shape index (κ1) is 21.7. The summed E-state index contributed by atoms with van der Waals surface area (Å²) in [5, 5.41) is 25.0. The van der Waals surface area contributed by atoms with E-state index in [0.717, 1.165) is 40.1 Å². The quantitative estimate of drug-likeness (QED) is 0.421. The van der Waals surface area contributed by atoms with Crippen LogP contribution in [0.3, 0.4) is 0 Å². The van der Waals surface area contributed by atoms with Gasteiger partial charge in [0.05, 0.1) is 5.52 Å². The number of amides is 1. The van der Waals surface area contributed by atoms with E-state index in [1.807, 2.05) is 63.2 Å². The summed E-state index contributed by atoms with van der Waals surface area (Å²) in [6.07, 6.45) is 1.94. The van der Waals surface area contributed by atoms with Gasteiger partial charge >= 0.3 is 5.97 Å². The number of rotatable bonds is 8. The zero-order valence-corrected chi connectivity index (χ0v) is 18.5. The predicted octanol–water partition coefficient (Wildman–Crippen LogP) is 4.06. The van der Waals surface area contributed by atoms with E-state index in [9.17, 15) is 14.7 Å². The summed E-state index contributed by atoms with van der Waals surface area (Å²) in [6.45, 7) is 5.88. The Kier molecular flexibility index (Phi) is 6.03. The molecule has 0 saturated heterocycles. The van der Waals surface area contributed by atoms with Crippen LogP contribution in [0.4, 0.5) is 0 Å². The molecule has 0 radical (unpaired) electrons. The number of unbranched alkanes of at least 4 members (excludes halogenated alkanes) is 1. The van der Waals surface area contributed by atoms with E-state index in [2.05, 4.69) is 15.5 Å². The van der Waals surface area contributed by atoms with E-state index in [1.54, 1.807) is 4.52 Å². The van der Waals surface area contributed by atoms with Crippen molar-refractivity contribution in [1.82, 2.24) is 24.9 Å². The van der Waals surface area contributed by atoms with Crippen LogP contribution in [0.15, 0.2) is 42.5 Å². The molecule has 2 heterocycles. The molecule has 166 valence electrons. The minimum absolute atomic E-state index is 0.140. The van der Waals surface area contributed by atoms with Gasteiger partial charge in [-0.1, -0.05) is 63.6 Å². The van der Waals surface area contributed by atoms with E-state index in [4.69, 9.17) is 0 Å². The molecule has 0 spiro atoms. The van der Waals surface area contributed by atoms with Crippen LogP contribution in [-0.2, 0) is 16.1 Å². The van der Waals surface area contributed by atoms with Gasteiger partial charge in [0.15, 0.2) is 5.65 Å². The Morgan fingerprint density at radius 3 is 2.53 bits per heavy atom. The Balaban J connectivity index is 1.81. The number of hydrogen-bond acceptors (Lipinski definition) is 5. The molecule has 0 fully saturated rings. The number of aliphatic carboxylic acids is 1. The average Bonchev–Trinajstić information content (AvgIpc) is 3.27. The van der Waals surface area contributed by atoms with Gasteiger partial charge in [0, 0.05) is 23.7 Å². The number of fused-ring (bicyclic) bond motifs is 6. The number of pyridine rings is 1. The van der Waals surface area contributed by atoms with E-state index in [-0.39, 0.29) is 18.4 Å². The maximum Gasteiger partial charge on any atom is 0.326 e. The number of aromatic nitrogens is 4. The summed E-state index contributed by atoms with van der Waals surface area (Å²) >= 11 is 0. The van der Waals surface area contributed by atoms with Crippen LogP contribution in [0.1, 0.15) is 45.6 Å². The molecule has 2 aromatic carbocycles. The number of benzene rings is 2. The Hall–Kier alpha value is -3.55. The third-order valence-corrected chi connectivity index (χ3v) is 5.86. The zero-order chi connectivity index (χ0) is 22.8. The summed E-state index contributed by atoms with van der Waals surface area (Å²) in [6, 6.07) is 13.0. The number of hydrogen-bond donors (Lipinski definition) is 1. The summed E-state index contributed by atoms with van der Waals surface area (Å²) in [5.41, 5.74) is 2.31. The molecule has 4 rings (SSSR count). The first-order valence-electron chi connectivity index (χ1n) is 11.0. The Morgan fingerprint density at radius 2 is 1.84 bits per heavy atom. The van der Waals surface area contributed by atoms with Crippen molar-refractivity contribution in [2.45, 2.75) is 52.6 Å². The highest BCUT2D eigenvalue weighted by atomic mass is 16.4. The van der Waals surface area contributed by atoms with Crippen molar-refractivity contribution in [1.29, 1.82) is 0 Å². The SMILES string of the molecule is CCCCC(=O)N(Cc1ccc2c3ccccc3c3nnnn3c2c1)[C@H](C(=O)O)C(C)C. The lowest BCUT2D eigenvalue weighted by Crippen LogP contribution is -2.47. The minimum atomic E-state index is -0.987. The standard InChI is InChI=1S/C24H27N5O3/c1-4-5-10-21(30)28(22(15(2)3)24(31)32)14-16-11-12-18-17-8-6-7-9-19(17)23-25-26-27-29(23)20(18)13-16/h6-9,11-13,15,22H,4-5,10,14H2,1-3H3,(H,31,32)/t22-/m0/s1. The van der Waals surface area contributed by atoms with Gasteiger partial charge < -0.3 is 10.0 Å². The molecule has 1 amide bonds. The van der Waals surface area contributed by atoms with Crippen LogP contribution in [-0.4, -0.2) is 48.0 Å². The smallest absolute Gasteiger partial charge is 0.326 e. The van der Waals surface area contributed by atoms with E-state index in [1.165, 1.54) is 4.90 Å². The number of tetrazole rings is 1. The summed E-state index contributed by atoms with van der Waals surface area (Å²) in [5.74, 6) is -1.34. The minimum Gasteiger partial charge on any atom is -0.480 e. The van der Waals surface area contributed by atoms with Crippen molar-refractivity contribution in [3.05, 3.63) is 48.0 Å². The van der Waals surface area contributed by atoms with Gasteiger partial charge in [-0.2, -0.15) is 4.52 Å². The summed E-state index contributed by atoms with van der Waals surface area (Å²) in [7, 11) is 0. The highest BCUT2D eigenvalue weighted by Gasteiger charge is 2.32. The van der Waals surface area contributed by atoms with Crippen molar-refractivity contribution < 1.29 is 14.7 Å². The number of nitrogens with zero attached hydrogens (tertiary/aromatic N) is 5. The van der Waals surface area contributed by atoms with Crippen molar-refractivity contribution in [3.8, 4) is 0 Å². The van der Waals surface area contributed by atoms with E-state index < -0.39 is 12.0 Å². The van der Waals surface area contributed by atoms with Gasteiger partial charge in [-0.25, -0.2) is 4.79 Å². The molecule has 8 nitrogen and oxygen atoms in total. The molecule has 1 atom stereocenters. The van der Waals surface area contributed by atoms with Gasteiger partial charge in [0.1, 0.15) is 6.04 Å². The highest BCUT2D eigenvalue weighted by Crippen LogP contribution is 2.29. The third kappa shape index (κ3) is 3.88. The van der Waals surface area contributed by atoms with Crippen molar-refractivity contribution in [2.24, 2.45) is 5.92 Å². The first-order valence-corrected chi connectivity index (χ1v) is 11.0. The molecule has 0 aliphatic rings. The van der Waals surface area contributed by atoms with E-state index >= 15 is 0 Å². The van der Waals surface area contributed by atoms with Crippen molar-refractivity contribution in [2.75, 3.05) is 0 Å². The summed E-state index contributed by atoms with van der Waals surface area (Å²) < 4.78 is 1.70. The van der Waals surface area contributed by atoms with Crippen molar-refractivity contribution >= 4 is 39.2 Å². The molecule has 0 aliphatic heterocycles. The molecule has 0 aliphatic carbocycles. The lowest BCUT2D eigenvalue weighted by atomic mass is 9.99. The van der Waals surface area contributed by atoms with Crippen LogP contribution in [0, 0.1) is 5.92 Å². The second-order valence-corrected chi connectivity index (χ2v) is 8.46. The van der Waals surface area contributed by atoms with Crippen LogP contribution in [0.5, 0.6) is 0 Å². The number of carboxylic acids is 1. The Morgan fingerprint density at radius 1 is 1.09 bits per heavy atom. The monoisotopic (exact) mass is 433 g/mol. The van der Waals surface area contributed by atoms with Gasteiger partial charge in [-0.15, -0.1) is 5.10 Å². The fourth-order valence-corrected chi connectivity index (χ4v) is 4.30. The first-order chi connectivity index (χ1) is 15.4. The van der Waals surface area contributed by atoms with Gasteiger partial charge in [-0.05, 0) is 39.8 Å². The van der Waals surface area contributed by atoms with Crippen molar-refractivity contribution in [3.63, 3.8) is 0 Å². The topological polar surface area (TPSA) is 101 Å². The van der Waals surface area contributed by atoms with Gasteiger partial charge in [0.2, 0.25) is 5.91 Å². The van der Waals surface area contributed by atoms with Crippen LogP contribution in [0.25, 0.3) is 27.3 Å². The second-order valence-electron chi connectivity index (χ2n) is 8.46. The molecule has 1 N–H and O–H groups in total. The number of carboxylic acid groups (broad SMARTS) is 1. The van der Waals surface area contributed by atoms with E-state index in [0.29, 0.717) is 12.1 Å². The molecule has 2 aromatic heterocycles. The lowest BCUT2D eigenvalue weighted by Gasteiger charge is -2.32. The lowest BCUT2D eigenvalue weighted by molar-refractivity contribution is -0.153. The third-order valence-electron chi connectivity index (χ3n) is 5.86. The molecular formula is C24H27N5O3. The highest BCUT2D eigenvalue weighted by molar-refractivity contribution is 6.11. The molecule has 0 unspecified atom stereocenters. The normalized spacial score (nSPS) is 12.6. The zero-order valence-electron chi connectivity index (χ0n) is 18.5. The Bertz CT molecular complexity index is 1300. The maximum atomic E-state index is 13.0. The van der Waals surface area contributed by atoms with Crippen LogP contribution < -0.4 is 0 Å². The van der Waals surface area contributed by atoms with Crippen LogP contribution in [0.2, 0.25) is 0 Å². The molecule has 32 heavy (non-hydrogen) atoms. The molecule has 4 aromatic rings. The number of carbonyl (C=O) groups is 2. The summed E-state index contributed by atoms with van der Waals surface area (Å²) in [4.78, 5) is 26.5. The second kappa shape index (κ2) is 8.90. The maximum absolute atomic E-state index is 13.0. The average molecular weight is 434 g/mol. The largest absolute Gasteiger partial charge is 0.480 e. The van der Waals surface area contributed by atoms with Crippen LogP contribution >= 0.6 is 0 Å². The predicted molar refractivity (Wildman–Crippen MR) is 122 cm³/mol. The molecule has 0 saturated carbocycles. The molecule has 0 bridgehead atoms. The molecular weight excluding hydrogens is 406 g/mol. The Labute approximate surface area is 185 Å². The fraction of sp³-hybridized carbons (Fsp3) is 0.375. The molecule has 8 heteroatoms. The van der Waals surface area contributed by atoms with Gasteiger partial charge in [0.25, 0.3) is 0 Å². The number of carbonyl (C=O) groups excluding carboxylic acids is 1.